The second-order valence-electron chi connectivity index (χ2n) is 12.7. The predicted octanol–water partition coefficient (Wildman–Crippen LogP) is 4.82. The molecule has 40 heavy (non-hydrogen) atoms. The lowest BCUT2D eigenvalue weighted by atomic mass is 9.85. The van der Waals surface area contributed by atoms with Gasteiger partial charge in [0.15, 0.2) is 5.78 Å². The Kier molecular flexibility index (Phi) is 10.7. The summed E-state index contributed by atoms with van der Waals surface area (Å²) in [6, 6.07) is 6.40. The van der Waals surface area contributed by atoms with Crippen LogP contribution in [0.1, 0.15) is 79.7 Å². The van der Waals surface area contributed by atoms with Crippen LogP contribution in [0.25, 0.3) is 10.4 Å². The molecule has 11 heteroatoms. The van der Waals surface area contributed by atoms with E-state index in [-0.39, 0.29) is 31.1 Å². The number of hydrogen-bond acceptors (Lipinski definition) is 6. The third-order valence-electron chi connectivity index (χ3n) is 7.07. The molecule has 1 heterocycles. The van der Waals surface area contributed by atoms with E-state index in [0.29, 0.717) is 0 Å². The maximum absolute atomic E-state index is 14.0. The van der Waals surface area contributed by atoms with Crippen molar-refractivity contribution in [1.82, 2.24) is 15.1 Å². The Labute approximate surface area is 237 Å². The van der Waals surface area contributed by atoms with Gasteiger partial charge in [-0.2, -0.15) is 0 Å². The molecule has 0 saturated carbocycles. The number of carbonyl (C=O) groups is 4. The minimum Gasteiger partial charge on any atom is -0.444 e. The molecule has 5 atom stereocenters. The van der Waals surface area contributed by atoms with Crippen LogP contribution >= 0.6 is 0 Å². The van der Waals surface area contributed by atoms with Crippen molar-refractivity contribution in [3.63, 3.8) is 0 Å². The molecule has 1 fully saturated rings. The number of benzene rings is 1. The Morgan fingerprint density at radius 3 is 2.25 bits per heavy atom. The Hall–Kier alpha value is -3.59. The first-order chi connectivity index (χ1) is 18.5. The molecule has 0 bridgehead atoms. The molecular formula is C29H44N6O5. The number of nitrogens with zero attached hydrogens (tertiary/aromatic N) is 5. The van der Waals surface area contributed by atoms with Crippen LogP contribution in [0.5, 0.6) is 0 Å². The largest absolute Gasteiger partial charge is 0.444 e. The molecule has 0 radical (unpaired) electrons. The molecule has 1 aromatic carbocycles. The normalized spacial score (nSPS) is 19.6. The van der Waals surface area contributed by atoms with E-state index in [1.54, 1.807) is 27.7 Å². The molecule has 0 aliphatic carbocycles. The molecule has 11 nitrogen and oxygen atoms in total. The van der Waals surface area contributed by atoms with Gasteiger partial charge in [0.25, 0.3) is 0 Å². The van der Waals surface area contributed by atoms with Gasteiger partial charge in [-0.3, -0.25) is 19.3 Å². The molecule has 1 N–H and O–H groups in total. The molecular weight excluding hydrogens is 512 g/mol. The predicted molar refractivity (Wildman–Crippen MR) is 152 cm³/mol. The van der Waals surface area contributed by atoms with Gasteiger partial charge in [0.1, 0.15) is 17.7 Å². The van der Waals surface area contributed by atoms with Crippen molar-refractivity contribution >= 4 is 23.7 Å². The number of likely N-dealkylation sites (N-methyl/N-ethyl adjacent to an activating group) is 1. The highest BCUT2D eigenvalue weighted by Gasteiger charge is 2.45. The van der Waals surface area contributed by atoms with Gasteiger partial charge in [-0.15, -0.1) is 0 Å². The summed E-state index contributed by atoms with van der Waals surface area (Å²) in [4.78, 5) is 58.8. The lowest BCUT2D eigenvalue weighted by molar-refractivity contribution is -0.144. The summed E-state index contributed by atoms with van der Waals surface area (Å²) < 4.78 is 5.37. The SMILES string of the molecule is C[C@@H](CC(=O)[C@@H]1C[C@H](N=[N+]=[N-])CN1C(=O)[C@@H](NC(=O)[C@H](C)N(C)C(=O)OC(C)(C)C)C(C)(C)C)c1ccccc1. The van der Waals surface area contributed by atoms with Crippen molar-refractivity contribution in [1.29, 1.82) is 0 Å². The van der Waals surface area contributed by atoms with E-state index in [9.17, 15) is 19.2 Å². The molecule has 1 saturated heterocycles. The first kappa shape index (κ1) is 32.6. The molecule has 0 aromatic heterocycles. The van der Waals surface area contributed by atoms with Gasteiger partial charge < -0.3 is 15.0 Å². The summed E-state index contributed by atoms with van der Waals surface area (Å²) >= 11 is 0. The lowest BCUT2D eigenvalue weighted by Crippen LogP contribution is -2.59. The summed E-state index contributed by atoms with van der Waals surface area (Å²) in [5.41, 5.74) is 8.59. The second kappa shape index (κ2) is 13.2. The fourth-order valence-electron chi connectivity index (χ4n) is 4.60. The highest BCUT2D eigenvalue weighted by molar-refractivity contribution is 5.95. The van der Waals surface area contributed by atoms with E-state index < -0.39 is 53.1 Å². The van der Waals surface area contributed by atoms with Crippen molar-refractivity contribution in [3.8, 4) is 0 Å². The zero-order valence-electron chi connectivity index (χ0n) is 25.2. The minimum absolute atomic E-state index is 0.0634. The van der Waals surface area contributed by atoms with Crippen molar-refractivity contribution in [3.05, 3.63) is 46.3 Å². The Morgan fingerprint density at radius 2 is 1.73 bits per heavy atom. The fraction of sp³-hybridized carbons (Fsp3) is 0.655. The van der Waals surface area contributed by atoms with Crippen LogP contribution in [0, 0.1) is 5.41 Å². The van der Waals surface area contributed by atoms with Gasteiger partial charge in [0.05, 0.1) is 12.1 Å². The van der Waals surface area contributed by atoms with E-state index in [1.165, 1.54) is 16.8 Å². The van der Waals surface area contributed by atoms with Crippen LogP contribution in [0.2, 0.25) is 0 Å². The third kappa shape index (κ3) is 8.71. The maximum Gasteiger partial charge on any atom is 0.410 e. The zero-order chi connectivity index (χ0) is 30.4. The monoisotopic (exact) mass is 556 g/mol. The first-order valence-corrected chi connectivity index (χ1v) is 13.6. The molecule has 220 valence electrons. The number of ether oxygens (including phenoxy) is 1. The summed E-state index contributed by atoms with van der Waals surface area (Å²) in [5.74, 6) is -1.16. The number of Topliss-reactive ketones (excluding diaryl/α,β-unsaturated/α-hetero) is 1. The van der Waals surface area contributed by atoms with Crippen LogP contribution in [0.15, 0.2) is 35.4 Å². The molecule has 3 amide bonds. The van der Waals surface area contributed by atoms with Crippen LogP contribution < -0.4 is 5.32 Å². The third-order valence-corrected chi connectivity index (χ3v) is 7.07. The smallest absolute Gasteiger partial charge is 0.410 e. The van der Waals surface area contributed by atoms with Crippen LogP contribution in [0.4, 0.5) is 4.79 Å². The van der Waals surface area contributed by atoms with Gasteiger partial charge in [0, 0.05) is 24.9 Å². The van der Waals surface area contributed by atoms with E-state index in [1.807, 2.05) is 58.0 Å². The van der Waals surface area contributed by atoms with Gasteiger partial charge in [-0.05, 0) is 56.5 Å². The van der Waals surface area contributed by atoms with E-state index in [2.05, 4.69) is 15.3 Å². The molecule has 0 spiro atoms. The average Bonchev–Trinajstić information content (AvgIpc) is 3.29. The quantitative estimate of drug-likeness (QED) is 0.263. The number of hydrogen-bond donors (Lipinski definition) is 1. The second-order valence-corrected chi connectivity index (χ2v) is 12.7. The number of carbonyl (C=O) groups excluding carboxylic acids is 4. The number of likely N-dealkylation sites (tertiary alicyclic amines) is 1. The number of rotatable bonds is 9. The average molecular weight is 557 g/mol. The maximum atomic E-state index is 14.0. The minimum atomic E-state index is -0.999. The standard InChI is InChI=1S/C29H44N6O5/c1-18(20-13-11-10-12-14-20)15-23(36)22-16-21(32-33-30)17-35(22)26(38)24(28(3,4)5)31-25(37)19(2)34(9)27(39)40-29(6,7)8/h10-14,18-19,21-22,24H,15-17H2,1-9H3,(H,31,37)/t18-,19-,21-,22-,24+/m0/s1. The van der Waals surface area contributed by atoms with Crippen LogP contribution in [-0.4, -0.2) is 76.9 Å². The molecule has 1 aliphatic heterocycles. The number of nitrogens with one attached hydrogen (secondary N) is 1. The molecule has 0 unspecified atom stereocenters. The van der Waals surface area contributed by atoms with E-state index in [4.69, 9.17) is 10.3 Å². The zero-order valence-corrected chi connectivity index (χ0v) is 25.2. The fourth-order valence-corrected chi connectivity index (χ4v) is 4.60. The van der Waals surface area contributed by atoms with E-state index >= 15 is 0 Å². The number of azide groups is 1. The Morgan fingerprint density at radius 1 is 1.12 bits per heavy atom. The van der Waals surface area contributed by atoms with Crippen LogP contribution in [-0.2, 0) is 19.1 Å². The highest BCUT2D eigenvalue weighted by atomic mass is 16.6. The highest BCUT2D eigenvalue weighted by Crippen LogP contribution is 2.30. The summed E-state index contributed by atoms with van der Waals surface area (Å²) in [6.45, 7) is 14.2. The lowest BCUT2D eigenvalue weighted by Gasteiger charge is -2.37. The van der Waals surface area contributed by atoms with Gasteiger partial charge in [-0.1, -0.05) is 63.1 Å². The van der Waals surface area contributed by atoms with Crippen molar-refractivity contribution in [2.75, 3.05) is 13.6 Å². The van der Waals surface area contributed by atoms with E-state index in [0.717, 1.165) is 5.56 Å². The molecule has 2 rings (SSSR count). The molecule has 1 aliphatic rings. The van der Waals surface area contributed by atoms with Crippen molar-refractivity contribution in [2.45, 2.75) is 104 Å². The first-order valence-electron chi connectivity index (χ1n) is 13.6. The molecule has 1 aromatic rings. The Balaban J connectivity index is 2.27. The Bertz CT molecular complexity index is 1120. The van der Waals surface area contributed by atoms with Gasteiger partial charge in [-0.25, -0.2) is 4.79 Å². The summed E-state index contributed by atoms with van der Waals surface area (Å²) in [6.07, 6.45) is -0.228. The van der Waals surface area contributed by atoms with Gasteiger partial charge >= 0.3 is 6.09 Å². The topological polar surface area (TPSA) is 145 Å². The number of amides is 3. The summed E-state index contributed by atoms with van der Waals surface area (Å²) in [7, 11) is 1.46. The van der Waals surface area contributed by atoms with Crippen molar-refractivity contribution in [2.24, 2.45) is 10.5 Å². The van der Waals surface area contributed by atoms with Gasteiger partial charge in [0.2, 0.25) is 11.8 Å². The number of ketones is 1. The summed E-state index contributed by atoms with van der Waals surface area (Å²) in [5, 5.41) is 6.61. The van der Waals surface area contributed by atoms with Crippen LogP contribution in [0.3, 0.4) is 0 Å². The van der Waals surface area contributed by atoms with Crippen molar-refractivity contribution < 1.29 is 23.9 Å².